The van der Waals surface area contributed by atoms with Gasteiger partial charge in [-0.05, 0) is 18.2 Å². The van der Waals surface area contributed by atoms with Crippen LogP contribution in [-0.2, 0) is 0 Å². The Morgan fingerprint density at radius 3 is 2.75 bits per heavy atom. The van der Waals surface area contributed by atoms with Crippen molar-refractivity contribution < 1.29 is 13.9 Å². The van der Waals surface area contributed by atoms with Crippen LogP contribution in [-0.4, -0.2) is 11.0 Å². The maximum Gasteiger partial charge on any atom is 0.343 e. The number of esters is 1. The molecule has 0 aliphatic carbocycles. The predicted molar refractivity (Wildman–Crippen MR) is 71.7 cm³/mol. The average molecular weight is 267 g/mol. The van der Waals surface area contributed by atoms with Crippen molar-refractivity contribution in [3.63, 3.8) is 0 Å². The Morgan fingerprint density at radius 1 is 1.15 bits per heavy atom. The third-order valence-corrected chi connectivity index (χ3v) is 2.72. The molecule has 0 spiro atoms. The Labute approximate surface area is 113 Å². The Bertz CT molecular complexity index is 824. The summed E-state index contributed by atoms with van der Waals surface area (Å²) in [6.07, 6.45) is 2.93. The van der Waals surface area contributed by atoms with E-state index in [4.69, 9.17) is 9.15 Å². The summed E-state index contributed by atoms with van der Waals surface area (Å²) in [6, 6.07) is 11.3. The summed E-state index contributed by atoms with van der Waals surface area (Å²) in [5.41, 5.74) is 0.0835. The number of aromatic nitrogens is 1. The van der Waals surface area contributed by atoms with Crippen LogP contribution in [0.4, 0.5) is 0 Å². The zero-order chi connectivity index (χ0) is 13.9. The molecule has 0 saturated carbocycles. The van der Waals surface area contributed by atoms with Gasteiger partial charge >= 0.3 is 11.6 Å². The zero-order valence-electron chi connectivity index (χ0n) is 10.3. The van der Waals surface area contributed by atoms with Gasteiger partial charge in [0.05, 0.1) is 23.2 Å². The van der Waals surface area contributed by atoms with Gasteiger partial charge in [0.15, 0.2) is 5.58 Å². The molecular formula is C15H9NO4. The molecule has 2 heterocycles. The fourth-order valence-electron chi connectivity index (χ4n) is 1.80. The zero-order valence-corrected chi connectivity index (χ0v) is 10.3. The van der Waals surface area contributed by atoms with E-state index >= 15 is 0 Å². The van der Waals surface area contributed by atoms with Crippen LogP contribution in [0.15, 0.2) is 64.1 Å². The second-order valence-electron chi connectivity index (χ2n) is 4.06. The number of nitrogens with zero attached hydrogens (tertiary/aromatic N) is 1. The molecule has 0 unspecified atom stereocenters. The molecule has 0 radical (unpaired) electrons. The third-order valence-electron chi connectivity index (χ3n) is 2.72. The quantitative estimate of drug-likeness (QED) is 0.667. The Morgan fingerprint density at radius 2 is 1.95 bits per heavy atom. The van der Waals surface area contributed by atoms with E-state index in [1.807, 2.05) is 0 Å². The lowest BCUT2D eigenvalue weighted by Crippen LogP contribution is -2.10. The molecule has 0 fully saturated rings. The lowest BCUT2D eigenvalue weighted by molar-refractivity contribution is 0.0736. The van der Waals surface area contributed by atoms with Gasteiger partial charge in [0.2, 0.25) is 0 Å². The van der Waals surface area contributed by atoms with Gasteiger partial charge in [0.25, 0.3) is 0 Å². The number of hydrogen-bond donors (Lipinski definition) is 0. The van der Waals surface area contributed by atoms with Gasteiger partial charge < -0.3 is 9.15 Å². The molecule has 0 saturated heterocycles. The fraction of sp³-hybridized carbons (Fsp3) is 0. The van der Waals surface area contributed by atoms with E-state index in [1.54, 1.807) is 36.4 Å². The standard InChI is InChI=1S/C15H9NO4/c17-14-8-12(11-6-7-16-9-13(11)19-14)20-15(18)10-4-2-1-3-5-10/h1-9H. The number of benzene rings is 1. The lowest BCUT2D eigenvalue weighted by atomic mass is 10.2. The van der Waals surface area contributed by atoms with Gasteiger partial charge in [-0.25, -0.2) is 9.59 Å². The van der Waals surface area contributed by atoms with Crippen LogP contribution >= 0.6 is 0 Å². The predicted octanol–water partition coefficient (Wildman–Crippen LogP) is 2.41. The van der Waals surface area contributed by atoms with Crippen molar-refractivity contribution in [3.8, 4) is 5.75 Å². The number of fused-ring (bicyclic) bond motifs is 1. The van der Waals surface area contributed by atoms with Crippen LogP contribution in [0.25, 0.3) is 11.0 Å². The van der Waals surface area contributed by atoms with E-state index in [0.717, 1.165) is 6.07 Å². The normalized spacial score (nSPS) is 10.4. The number of rotatable bonds is 2. The molecule has 20 heavy (non-hydrogen) atoms. The summed E-state index contributed by atoms with van der Waals surface area (Å²) in [6.45, 7) is 0. The maximum atomic E-state index is 12.0. The lowest BCUT2D eigenvalue weighted by Gasteiger charge is -2.06. The minimum absolute atomic E-state index is 0.160. The molecule has 0 aliphatic heterocycles. The van der Waals surface area contributed by atoms with E-state index in [1.165, 1.54) is 12.4 Å². The van der Waals surface area contributed by atoms with Gasteiger partial charge in [-0.1, -0.05) is 18.2 Å². The molecular weight excluding hydrogens is 258 g/mol. The molecule has 0 N–H and O–H groups in total. The summed E-state index contributed by atoms with van der Waals surface area (Å²) in [5, 5.41) is 0.517. The fourth-order valence-corrected chi connectivity index (χ4v) is 1.80. The van der Waals surface area contributed by atoms with Gasteiger partial charge in [-0.3, -0.25) is 4.98 Å². The number of pyridine rings is 1. The van der Waals surface area contributed by atoms with E-state index < -0.39 is 11.6 Å². The molecule has 0 atom stereocenters. The van der Waals surface area contributed by atoms with Gasteiger partial charge in [0, 0.05) is 6.20 Å². The summed E-state index contributed by atoms with van der Waals surface area (Å²) >= 11 is 0. The molecule has 3 aromatic rings. The van der Waals surface area contributed by atoms with Gasteiger partial charge in [-0.15, -0.1) is 0 Å². The first-order chi connectivity index (χ1) is 9.74. The monoisotopic (exact) mass is 267 g/mol. The average Bonchev–Trinajstić information content (AvgIpc) is 2.48. The maximum absolute atomic E-state index is 12.0. The molecule has 3 rings (SSSR count). The van der Waals surface area contributed by atoms with Crippen molar-refractivity contribution in [2.45, 2.75) is 0 Å². The summed E-state index contributed by atoms with van der Waals surface area (Å²) < 4.78 is 10.2. The first kappa shape index (κ1) is 12.1. The van der Waals surface area contributed by atoms with Crippen molar-refractivity contribution in [3.05, 3.63) is 70.8 Å². The second kappa shape index (κ2) is 4.97. The largest absolute Gasteiger partial charge is 0.422 e. The van der Waals surface area contributed by atoms with Crippen molar-refractivity contribution in [2.75, 3.05) is 0 Å². The minimum Gasteiger partial charge on any atom is -0.422 e. The molecule has 0 amide bonds. The highest BCUT2D eigenvalue weighted by atomic mass is 16.5. The molecule has 0 aliphatic rings. The number of hydrogen-bond acceptors (Lipinski definition) is 5. The van der Waals surface area contributed by atoms with Gasteiger partial charge in [0.1, 0.15) is 5.75 Å². The Kier molecular flexibility index (Phi) is 3.01. The van der Waals surface area contributed by atoms with Crippen molar-refractivity contribution in [2.24, 2.45) is 0 Å². The van der Waals surface area contributed by atoms with Crippen LogP contribution in [0, 0.1) is 0 Å². The van der Waals surface area contributed by atoms with Crippen LogP contribution in [0.5, 0.6) is 5.75 Å². The number of ether oxygens (including phenoxy) is 1. The topological polar surface area (TPSA) is 69.4 Å². The first-order valence-corrected chi connectivity index (χ1v) is 5.89. The van der Waals surface area contributed by atoms with Crippen molar-refractivity contribution in [1.29, 1.82) is 0 Å². The SMILES string of the molecule is O=C(Oc1cc(=O)oc2cnccc12)c1ccccc1. The van der Waals surface area contributed by atoms with Crippen LogP contribution < -0.4 is 10.4 Å². The van der Waals surface area contributed by atoms with Crippen LogP contribution in [0.2, 0.25) is 0 Å². The highest BCUT2D eigenvalue weighted by molar-refractivity contribution is 5.93. The van der Waals surface area contributed by atoms with Crippen LogP contribution in [0.3, 0.4) is 0 Å². The van der Waals surface area contributed by atoms with Gasteiger partial charge in [-0.2, -0.15) is 0 Å². The second-order valence-corrected chi connectivity index (χ2v) is 4.06. The molecule has 2 aromatic heterocycles. The van der Waals surface area contributed by atoms with Crippen molar-refractivity contribution in [1.82, 2.24) is 4.98 Å². The highest BCUT2D eigenvalue weighted by Crippen LogP contribution is 2.23. The van der Waals surface area contributed by atoms with E-state index in [-0.39, 0.29) is 11.3 Å². The Balaban J connectivity index is 2.03. The summed E-state index contributed by atoms with van der Waals surface area (Å²) in [7, 11) is 0. The molecule has 1 aromatic carbocycles. The summed E-state index contributed by atoms with van der Waals surface area (Å²) in [5.74, 6) is -0.373. The summed E-state index contributed by atoms with van der Waals surface area (Å²) in [4.78, 5) is 27.3. The number of carbonyl (C=O) groups is 1. The van der Waals surface area contributed by atoms with E-state index in [2.05, 4.69) is 4.98 Å². The van der Waals surface area contributed by atoms with E-state index in [0.29, 0.717) is 10.9 Å². The molecule has 98 valence electrons. The van der Waals surface area contributed by atoms with Crippen LogP contribution in [0.1, 0.15) is 10.4 Å². The van der Waals surface area contributed by atoms with E-state index in [9.17, 15) is 9.59 Å². The smallest absolute Gasteiger partial charge is 0.343 e. The Hall–Kier alpha value is -2.95. The highest BCUT2D eigenvalue weighted by Gasteiger charge is 2.12. The third kappa shape index (κ3) is 2.29. The minimum atomic E-state index is -0.596. The van der Waals surface area contributed by atoms with Crippen molar-refractivity contribution >= 4 is 16.9 Å². The first-order valence-electron chi connectivity index (χ1n) is 5.89. The molecule has 5 heteroatoms. The number of carbonyl (C=O) groups excluding carboxylic acids is 1. The molecule has 5 nitrogen and oxygen atoms in total. The molecule has 0 bridgehead atoms.